The SMILES string of the molecule is CCCNC(CCc1ccccc1)c1c(Cl)cnn1CC. The van der Waals surface area contributed by atoms with Crippen molar-refractivity contribution in [2.24, 2.45) is 0 Å². The average Bonchev–Trinajstić information content (AvgIpc) is 2.89. The van der Waals surface area contributed by atoms with Crippen LogP contribution in [0, 0.1) is 0 Å². The molecule has 0 bridgehead atoms. The fraction of sp³-hybridized carbons (Fsp3) is 0.471. The first-order valence-electron chi connectivity index (χ1n) is 7.74. The first kappa shape index (κ1) is 16.1. The Kier molecular flexibility index (Phi) is 6.27. The summed E-state index contributed by atoms with van der Waals surface area (Å²) >= 11 is 6.36. The summed E-state index contributed by atoms with van der Waals surface area (Å²) in [6.07, 6.45) is 4.92. The van der Waals surface area contributed by atoms with Gasteiger partial charge in [0.15, 0.2) is 0 Å². The van der Waals surface area contributed by atoms with E-state index in [1.807, 2.05) is 4.68 Å². The summed E-state index contributed by atoms with van der Waals surface area (Å²) in [5, 5.41) is 8.74. The van der Waals surface area contributed by atoms with Crippen LogP contribution in [0.4, 0.5) is 0 Å². The van der Waals surface area contributed by atoms with Gasteiger partial charge in [-0.3, -0.25) is 4.68 Å². The van der Waals surface area contributed by atoms with E-state index in [-0.39, 0.29) is 6.04 Å². The van der Waals surface area contributed by atoms with Crippen molar-refractivity contribution in [2.45, 2.75) is 45.7 Å². The summed E-state index contributed by atoms with van der Waals surface area (Å²) in [5.41, 5.74) is 2.48. The summed E-state index contributed by atoms with van der Waals surface area (Å²) < 4.78 is 2.00. The second kappa shape index (κ2) is 8.20. The van der Waals surface area contributed by atoms with Crippen LogP contribution in [0.5, 0.6) is 0 Å². The lowest BCUT2D eigenvalue weighted by Gasteiger charge is -2.20. The molecule has 2 rings (SSSR count). The van der Waals surface area contributed by atoms with Crippen molar-refractivity contribution in [3.8, 4) is 0 Å². The molecule has 0 aliphatic heterocycles. The fourth-order valence-electron chi connectivity index (χ4n) is 2.58. The number of benzene rings is 1. The Morgan fingerprint density at radius 1 is 1.24 bits per heavy atom. The summed E-state index contributed by atoms with van der Waals surface area (Å²) in [5.74, 6) is 0. The van der Waals surface area contributed by atoms with Crippen molar-refractivity contribution < 1.29 is 0 Å². The van der Waals surface area contributed by atoms with Crippen LogP contribution in [-0.2, 0) is 13.0 Å². The number of rotatable bonds is 8. The van der Waals surface area contributed by atoms with Crippen molar-refractivity contribution in [1.82, 2.24) is 15.1 Å². The molecule has 1 unspecified atom stereocenters. The number of nitrogens with zero attached hydrogens (tertiary/aromatic N) is 2. The van der Waals surface area contributed by atoms with E-state index in [1.54, 1.807) is 6.20 Å². The second-order valence-corrected chi connectivity index (χ2v) is 5.63. The van der Waals surface area contributed by atoms with E-state index in [0.29, 0.717) is 0 Å². The van der Waals surface area contributed by atoms with E-state index in [0.717, 1.165) is 43.1 Å². The summed E-state index contributed by atoms with van der Waals surface area (Å²) in [4.78, 5) is 0. The van der Waals surface area contributed by atoms with E-state index in [1.165, 1.54) is 5.56 Å². The van der Waals surface area contributed by atoms with Gasteiger partial charge in [-0.05, 0) is 38.3 Å². The van der Waals surface area contributed by atoms with Gasteiger partial charge in [-0.1, -0.05) is 48.9 Å². The highest BCUT2D eigenvalue weighted by Gasteiger charge is 2.19. The molecule has 0 amide bonds. The molecule has 1 aromatic heterocycles. The lowest BCUT2D eigenvalue weighted by atomic mass is 10.0. The molecule has 3 nitrogen and oxygen atoms in total. The fourth-order valence-corrected chi connectivity index (χ4v) is 2.85. The number of nitrogens with one attached hydrogen (secondary N) is 1. The highest BCUT2D eigenvalue weighted by atomic mass is 35.5. The number of aromatic nitrogens is 2. The molecule has 2 aromatic rings. The third-order valence-electron chi connectivity index (χ3n) is 3.67. The van der Waals surface area contributed by atoms with E-state index in [9.17, 15) is 0 Å². The van der Waals surface area contributed by atoms with Gasteiger partial charge in [-0.2, -0.15) is 5.10 Å². The molecule has 1 atom stereocenters. The van der Waals surface area contributed by atoms with Gasteiger partial charge in [0.05, 0.1) is 23.0 Å². The van der Waals surface area contributed by atoms with Gasteiger partial charge in [-0.15, -0.1) is 0 Å². The maximum absolute atomic E-state index is 6.36. The zero-order valence-corrected chi connectivity index (χ0v) is 13.6. The maximum atomic E-state index is 6.36. The molecule has 1 aromatic carbocycles. The molecular formula is C17H24ClN3. The molecule has 1 heterocycles. The molecule has 0 radical (unpaired) electrons. The third kappa shape index (κ3) is 4.32. The van der Waals surface area contributed by atoms with E-state index in [4.69, 9.17) is 11.6 Å². The van der Waals surface area contributed by atoms with Gasteiger partial charge in [0, 0.05) is 6.54 Å². The molecular weight excluding hydrogens is 282 g/mol. The first-order chi connectivity index (χ1) is 10.3. The standard InChI is InChI=1S/C17H24ClN3/c1-3-12-19-16(11-10-14-8-6-5-7-9-14)17-15(18)13-20-21(17)4-2/h5-9,13,16,19H,3-4,10-12H2,1-2H3. The number of hydrogen-bond acceptors (Lipinski definition) is 2. The first-order valence-corrected chi connectivity index (χ1v) is 8.12. The predicted octanol–water partition coefficient (Wildman–Crippen LogP) is 4.23. The van der Waals surface area contributed by atoms with Crippen LogP contribution in [0.15, 0.2) is 36.5 Å². The highest BCUT2D eigenvalue weighted by Crippen LogP contribution is 2.26. The smallest absolute Gasteiger partial charge is 0.0834 e. The Morgan fingerprint density at radius 2 is 2.00 bits per heavy atom. The van der Waals surface area contributed by atoms with Crippen LogP contribution in [0.3, 0.4) is 0 Å². The van der Waals surface area contributed by atoms with Crippen molar-refractivity contribution in [1.29, 1.82) is 0 Å². The van der Waals surface area contributed by atoms with Crippen LogP contribution in [0.2, 0.25) is 5.02 Å². The predicted molar refractivity (Wildman–Crippen MR) is 88.7 cm³/mol. The Hall–Kier alpha value is -1.32. The lowest BCUT2D eigenvalue weighted by Crippen LogP contribution is -2.25. The molecule has 1 N–H and O–H groups in total. The topological polar surface area (TPSA) is 29.9 Å². The molecule has 0 fully saturated rings. The van der Waals surface area contributed by atoms with Crippen molar-refractivity contribution in [3.05, 3.63) is 52.8 Å². The summed E-state index contributed by atoms with van der Waals surface area (Å²) in [7, 11) is 0. The minimum absolute atomic E-state index is 0.250. The molecule has 0 spiro atoms. The van der Waals surface area contributed by atoms with Gasteiger partial charge in [0.2, 0.25) is 0 Å². The zero-order chi connectivity index (χ0) is 15.1. The summed E-state index contributed by atoms with van der Waals surface area (Å²) in [6.45, 7) is 6.11. The largest absolute Gasteiger partial charge is 0.309 e. The van der Waals surface area contributed by atoms with Crippen LogP contribution in [0.1, 0.15) is 44.0 Å². The molecule has 0 saturated heterocycles. The van der Waals surface area contributed by atoms with Crippen molar-refractivity contribution in [2.75, 3.05) is 6.54 Å². The number of halogens is 1. The van der Waals surface area contributed by atoms with E-state index >= 15 is 0 Å². The minimum atomic E-state index is 0.250. The Labute approximate surface area is 132 Å². The molecule has 0 aliphatic rings. The Morgan fingerprint density at radius 3 is 2.67 bits per heavy atom. The average molecular weight is 306 g/mol. The van der Waals surface area contributed by atoms with Gasteiger partial charge in [-0.25, -0.2) is 0 Å². The number of aryl methyl sites for hydroxylation is 2. The quantitative estimate of drug-likeness (QED) is 0.791. The minimum Gasteiger partial charge on any atom is -0.309 e. The monoisotopic (exact) mass is 305 g/mol. The van der Waals surface area contributed by atoms with Crippen LogP contribution in [0.25, 0.3) is 0 Å². The molecule has 114 valence electrons. The zero-order valence-electron chi connectivity index (χ0n) is 12.8. The van der Waals surface area contributed by atoms with E-state index < -0.39 is 0 Å². The summed E-state index contributed by atoms with van der Waals surface area (Å²) in [6, 6.07) is 10.8. The molecule has 0 aliphatic carbocycles. The van der Waals surface area contributed by atoms with Gasteiger partial charge in [0.25, 0.3) is 0 Å². The highest BCUT2D eigenvalue weighted by molar-refractivity contribution is 6.31. The third-order valence-corrected chi connectivity index (χ3v) is 3.96. The van der Waals surface area contributed by atoms with Crippen LogP contribution >= 0.6 is 11.6 Å². The second-order valence-electron chi connectivity index (χ2n) is 5.22. The van der Waals surface area contributed by atoms with Gasteiger partial charge < -0.3 is 5.32 Å². The maximum Gasteiger partial charge on any atom is 0.0834 e. The van der Waals surface area contributed by atoms with Crippen molar-refractivity contribution >= 4 is 11.6 Å². The van der Waals surface area contributed by atoms with Crippen LogP contribution < -0.4 is 5.32 Å². The molecule has 4 heteroatoms. The lowest BCUT2D eigenvalue weighted by molar-refractivity contribution is 0.457. The Balaban J connectivity index is 2.12. The van der Waals surface area contributed by atoms with E-state index in [2.05, 4.69) is 54.6 Å². The molecule has 21 heavy (non-hydrogen) atoms. The molecule has 0 saturated carbocycles. The van der Waals surface area contributed by atoms with Gasteiger partial charge in [0.1, 0.15) is 0 Å². The van der Waals surface area contributed by atoms with Crippen LogP contribution in [-0.4, -0.2) is 16.3 Å². The Bertz CT molecular complexity index is 536. The normalized spacial score (nSPS) is 12.5. The van der Waals surface area contributed by atoms with Crippen molar-refractivity contribution in [3.63, 3.8) is 0 Å². The number of hydrogen-bond donors (Lipinski definition) is 1. The van der Waals surface area contributed by atoms with Gasteiger partial charge >= 0.3 is 0 Å².